The van der Waals surface area contributed by atoms with Gasteiger partial charge in [0.15, 0.2) is 11.5 Å². The predicted octanol–water partition coefficient (Wildman–Crippen LogP) is 4.94. The van der Waals surface area contributed by atoms with Gasteiger partial charge in [0.2, 0.25) is 11.8 Å². The number of phenolic OH excluding ortho intramolecular Hbond substituents is 1. The number of rotatable bonds is 5. The number of hydrazine groups is 1. The van der Waals surface area contributed by atoms with Crippen LogP contribution in [0.5, 0.6) is 11.5 Å². The number of hydrogen-bond donors (Lipinski definition) is 2. The van der Waals surface area contributed by atoms with E-state index in [2.05, 4.69) is 5.43 Å². The van der Waals surface area contributed by atoms with Crippen molar-refractivity contribution in [3.63, 3.8) is 0 Å². The van der Waals surface area contributed by atoms with E-state index in [9.17, 15) is 28.7 Å². The van der Waals surface area contributed by atoms with Crippen LogP contribution in [0.2, 0.25) is 5.02 Å². The third-order valence-electron chi connectivity index (χ3n) is 10.1. The molecule has 13 heteroatoms. The van der Waals surface area contributed by atoms with Crippen LogP contribution in [0.1, 0.15) is 29.9 Å². The number of amides is 5. The maximum Gasteiger partial charge on any atom is 0.423 e. The van der Waals surface area contributed by atoms with E-state index in [1.165, 1.54) is 37.4 Å². The maximum absolute atomic E-state index is 15.1. The molecule has 3 aromatic carbocycles. The Kier molecular flexibility index (Phi) is 7.50. The monoisotopic (exact) mass is 673 g/mol. The highest BCUT2D eigenvalue weighted by molar-refractivity contribution is 6.30. The number of likely N-dealkylation sites (tertiary alicyclic amines) is 1. The number of hydrogen-bond acceptors (Lipinski definition) is 9. The van der Waals surface area contributed by atoms with Crippen molar-refractivity contribution in [1.82, 2.24) is 9.91 Å². The Labute approximate surface area is 278 Å². The molecular formula is C35H29ClFN3O8. The number of fused-ring (bicyclic) bond motifs is 4. The van der Waals surface area contributed by atoms with Gasteiger partial charge in [0, 0.05) is 10.9 Å². The number of aromatic hydroxyl groups is 1. The number of allylic oxidation sites excluding steroid dienone is 2. The molecule has 48 heavy (non-hydrogen) atoms. The second-order valence-electron chi connectivity index (χ2n) is 12.3. The molecule has 1 saturated carbocycles. The van der Waals surface area contributed by atoms with Crippen LogP contribution < -0.4 is 10.2 Å². The Hall–Kier alpha value is -5.23. The highest BCUT2D eigenvalue weighted by Crippen LogP contribution is 2.64. The normalized spacial score (nSPS) is 27.7. The molecule has 0 radical (unpaired) electrons. The van der Waals surface area contributed by atoms with Crippen LogP contribution in [0, 0.1) is 29.5 Å². The van der Waals surface area contributed by atoms with Gasteiger partial charge in [-0.15, -0.1) is 0 Å². The minimum Gasteiger partial charge on any atom is -0.504 e. The Morgan fingerprint density at radius 2 is 1.67 bits per heavy atom. The summed E-state index contributed by atoms with van der Waals surface area (Å²) < 4.78 is 23.8. The zero-order valence-corrected chi connectivity index (χ0v) is 26.4. The summed E-state index contributed by atoms with van der Waals surface area (Å²) in [5, 5.41) is 12.3. The molecule has 0 bridgehead atoms. The number of benzene rings is 3. The SMILES string of the molecule is COC(=O)N1C(=O)[C@H]2[C@H](CC=C3[C@H]2C[C@H]2C(=O)N(Nc4ccc(F)cc4)C(=O)[C@@]2(c2ccc(Cl)cc2)[C@H]3c2ccc(OC)c(O)c2)C1=O. The lowest BCUT2D eigenvalue weighted by Crippen LogP contribution is -2.53. The largest absolute Gasteiger partial charge is 0.504 e. The van der Waals surface area contributed by atoms with Crippen molar-refractivity contribution in [2.45, 2.75) is 24.2 Å². The molecule has 3 aromatic rings. The predicted molar refractivity (Wildman–Crippen MR) is 168 cm³/mol. The average Bonchev–Trinajstić information content (AvgIpc) is 3.46. The molecule has 6 atom stereocenters. The van der Waals surface area contributed by atoms with Gasteiger partial charge in [0.05, 0.1) is 43.1 Å². The van der Waals surface area contributed by atoms with Crippen molar-refractivity contribution in [1.29, 1.82) is 0 Å². The number of nitrogens with one attached hydrogen (secondary N) is 1. The Morgan fingerprint density at radius 1 is 0.958 bits per heavy atom. The van der Waals surface area contributed by atoms with Gasteiger partial charge in [-0.2, -0.15) is 9.91 Å². The van der Waals surface area contributed by atoms with E-state index >= 15 is 4.79 Å². The third-order valence-corrected chi connectivity index (χ3v) is 10.4. The van der Waals surface area contributed by atoms with Crippen LogP contribution >= 0.6 is 11.6 Å². The van der Waals surface area contributed by atoms with Crippen LogP contribution in [-0.4, -0.2) is 59.0 Å². The lowest BCUT2D eigenvalue weighted by atomic mass is 9.49. The fourth-order valence-electron chi connectivity index (χ4n) is 8.19. The molecular weight excluding hydrogens is 645 g/mol. The van der Waals surface area contributed by atoms with Gasteiger partial charge in [-0.25, -0.2) is 9.18 Å². The lowest BCUT2D eigenvalue weighted by Gasteiger charge is -2.50. The molecule has 2 N–H and O–H groups in total. The minimum absolute atomic E-state index is 0.0194. The van der Waals surface area contributed by atoms with Crippen molar-refractivity contribution in [2.24, 2.45) is 23.7 Å². The van der Waals surface area contributed by atoms with E-state index in [1.54, 1.807) is 36.4 Å². The summed E-state index contributed by atoms with van der Waals surface area (Å²) in [7, 11) is 2.47. The molecule has 0 aromatic heterocycles. The first-order valence-corrected chi connectivity index (χ1v) is 15.6. The van der Waals surface area contributed by atoms with Crippen LogP contribution in [0.3, 0.4) is 0 Å². The van der Waals surface area contributed by atoms with Gasteiger partial charge in [-0.05, 0) is 78.4 Å². The third kappa shape index (κ3) is 4.42. The lowest BCUT2D eigenvalue weighted by molar-refractivity contribution is -0.140. The zero-order valence-electron chi connectivity index (χ0n) is 25.7. The fraction of sp³-hybridized carbons (Fsp3) is 0.286. The molecule has 2 aliphatic carbocycles. The summed E-state index contributed by atoms with van der Waals surface area (Å²) in [6.45, 7) is 0. The number of halogens is 2. The second-order valence-corrected chi connectivity index (χ2v) is 12.7. The van der Waals surface area contributed by atoms with Gasteiger partial charge >= 0.3 is 6.09 Å². The number of ether oxygens (including phenoxy) is 2. The van der Waals surface area contributed by atoms with Crippen LogP contribution in [0.4, 0.5) is 14.9 Å². The van der Waals surface area contributed by atoms with Gasteiger partial charge < -0.3 is 14.6 Å². The van der Waals surface area contributed by atoms with Crippen LogP contribution in [0.15, 0.2) is 78.4 Å². The summed E-state index contributed by atoms with van der Waals surface area (Å²) in [6, 6.07) is 16.4. The molecule has 0 spiro atoms. The number of methoxy groups -OCH3 is 2. The van der Waals surface area contributed by atoms with E-state index in [0.29, 0.717) is 26.6 Å². The summed E-state index contributed by atoms with van der Waals surface area (Å²) >= 11 is 6.29. The molecule has 5 amide bonds. The number of imide groups is 4. The molecule has 3 fully saturated rings. The standard InChI is InChI=1S/C35H29ClFN3O8/c1-47-27-14-3-17(15-26(27)41)29-22-12-13-23-28(32(44)39(30(23)42)34(46)48-2)24(22)16-25-31(43)40(38-21-10-8-20(37)9-11-21)33(45)35(25,29)18-4-6-19(36)7-5-18/h3-12,14-15,23-25,28-29,38,41H,13,16H2,1-2H3/t23-,24+,25-,28-,29-,35+/m0/s1. The van der Waals surface area contributed by atoms with E-state index in [-0.39, 0.29) is 30.0 Å². The van der Waals surface area contributed by atoms with Crippen molar-refractivity contribution in [3.8, 4) is 11.5 Å². The number of carbonyl (C=O) groups excluding carboxylic acids is 5. The average molecular weight is 674 g/mol. The highest BCUT2D eigenvalue weighted by atomic mass is 35.5. The first kappa shape index (κ1) is 31.4. The molecule has 11 nitrogen and oxygen atoms in total. The number of anilines is 1. The summed E-state index contributed by atoms with van der Waals surface area (Å²) in [5.74, 6) is -7.83. The quantitative estimate of drug-likeness (QED) is 0.284. The topological polar surface area (TPSA) is 143 Å². The van der Waals surface area contributed by atoms with Crippen molar-refractivity contribution in [2.75, 3.05) is 19.6 Å². The smallest absolute Gasteiger partial charge is 0.423 e. The summed E-state index contributed by atoms with van der Waals surface area (Å²) in [6.07, 6.45) is 0.791. The second kappa shape index (κ2) is 11.5. The van der Waals surface area contributed by atoms with E-state index in [4.69, 9.17) is 21.1 Å². The minimum atomic E-state index is -1.63. The summed E-state index contributed by atoms with van der Waals surface area (Å²) in [5.41, 5.74) is 3.05. The van der Waals surface area contributed by atoms with Crippen LogP contribution in [0.25, 0.3) is 0 Å². The highest BCUT2D eigenvalue weighted by Gasteiger charge is 2.70. The summed E-state index contributed by atoms with van der Waals surface area (Å²) in [4.78, 5) is 69.9. The molecule has 246 valence electrons. The van der Waals surface area contributed by atoms with E-state index in [1.807, 2.05) is 6.08 Å². The van der Waals surface area contributed by atoms with Gasteiger partial charge in [-0.1, -0.05) is 41.4 Å². The van der Waals surface area contributed by atoms with Gasteiger partial charge in [-0.3, -0.25) is 24.6 Å². The molecule has 7 rings (SSSR count). The number of phenols is 1. The fourth-order valence-corrected chi connectivity index (χ4v) is 8.31. The molecule has 2 heterocycles. The molecule has 2 saturated heterocycles. The van der Waals surface area contributed by atoms with Crippen molar-refractivity contribution >= 4 is 47.0 Å². The number of nitrogens with zero attached hydrogens (tertiary/aromatic N) is 2. The first-order chi connectivity index (χ1) is 23.0. The number of carbonyl (C=O) groups is 5. The first-order valence-electron chi connectivity index (χ1n) is 15.2. The molecule has 2 aliphatic heterocycles. The van der Waals surface area contributed by atoms with Crippen molar-refractivity contribution < 1.29 is 42.9 Å². The zero-order chi connectivity index (χ0) is 34.1. The Morgan fingerprint density at radius 3 is 2.31 bits per heavy atom. The Bertz CT molecular complexity index is 1920. The van der Waals surface area contributed by atoms with Crippen LogP contribution in [-0.2, 0) is 29.3 Å². The maximum atomic E-state index is 15.1. The van der Waals surface area contributed by atoms with Gasteiger partial charge in [0.1, 0.15) is 5.82 Å². The van der Waals surface area contributed by atoms with Gasteiger partial charge in [0.25, 0.3) is 11.8 Å². The van der Waals surface area contributed by atoms with E-state index in [0.717, 1.165) is 12.1 Å². The van der Waals surface area contributed by atoms with Crippen molar-refractivity contribution in [3.05, 3.63) is 100 Å². The molecule has 4 aliphatic rings. The Balaban J connectivity index is 1.46. The molecule has 0 unspecified atom stereocenters. The van der Waals surface area contributed by atoms with E-state index < -0.39 is 70.5 Å².